The largest absolute Gasteiger partial charge is 0.416 e. The van der Waals surface area contributed by atoms with E-state index < -0.39 is 11.7 Å². The van der Waals surface area contributed by atoms with Gasteiger partial charge < -0.3 is 10.0 Å². The molecule has 4 nitrogen and oxygen atoms in total. The van der Waals surface area contributed by atoms with Gasteiger partial charge in [0.25, 0.3) is 5.91 Å². The van der Waals surface area contributed by atoms with Gasteiger partial charge in [-0.15, -0.1) is 0 Å². The third kappa shape index (κ3) is 3.76. The second kappa shape index (κ2) is 7.42. The van der Waals surface area contributed by atoms with Gasteiger partial charge in [-0.2, -0.15) is 13.2 Å². The van der Waals surface area contributed by atoms with Gasteiger partial charge in [0.05, 0.1) is 36.1 Å². The summed E-state index contributed by atoms with van der Waals surface area (Å²) in [7, 11) is 0. The fourth-order valence-electron chi connectivity index (χ4n) is 3.68. The summed E-state index contributed by atoms with van der Waals surface area (Å²) in [6.45, 7) is 1.53. The Bertz CT molecular complexity index is 895. The third-order valence-electron chi connectivity index (χ3n) is 5.17. The normalized spacial score (nSPS) is 21.8. The molecule has 0 spiro atoms. The van der Waals surface area contributed by atoms with Crippen LogP contribution in [0.2, 0.25) is 0 Å². The number of piperidine rings is 1. The molecule has 1 fully saturated rings. The second-order valence-electron chi connectivity index (χ2n) is 7.14. The Balaban J connectivity index is 1.70. The van der Waals surface area contributed by atoms with Crippen LogP contribution in [0.1, 0.15) is 18.4 Å². The van der Waals surface area contributed by atoms with Gasteiger partial charge >= 0.3 is 6.18 Å². The smallest absolute Gasteiger partial charge is 0.393 e. The van der Waals surface area contributed by atoms with Crippen molar-refractivity contribution >= 4 is 29.0 Å². The van der Waals surface area contributed by atoms with E-state index >= 15 is 0 Å². The lowest BCUT2D eigenvalue weighted by Gasteiger charge is -2.33. The summed E-state index contributed by atoms with van der Waals surface area (Å²) in [5.74, 6) is -0.236. The first-order valence-corrected chi connectivity index (χ1v) is 9.97. The van der Waals surface area contributed by atoms with Crippen molar-refractivity contribution in [2.75, 3.05) is 24.5 Å². The highest BCUT2D eigenvalue weighted by Crippen LogP contribution is 2.49. The molecule has 0 bridgehead atoms. The lowest BCUT2D eigenvalue weighted by molar-refractivity contribution is -0.898. The molecule has 2 N–H and O–H groups in total. The SMILES string of the molecule is O=C(C[NH+]1CCC(O)CC1)N1c2ccccc2Sc2ccc(C(F)(F)F)cc21. The minimum atomic E-state index is -4.47. The highest BCUT2D eigenvalue weighted by molar-refractivity contribution is 7.99. The molecule has 0 atom stereocenters. The van der Waals surface area contributed by atoms with E-state index in [0.717, 1.165) is 21.9 Å². The number of aliphatic hydroxyl groups excluding tert-OH is 1. The number of amides is 1. The number of rotatable bonds is 2. The number of likely N-dealkylation sites (tertiary alicyclic amines) is 1. The molecule has 0 saturated carbocycles. The zero-order valence-corrected chi connectivity index (χ0v) is 15.8. The van der Waals surface area contributed by atoms with Gasteiger partial charge in [-0.05, 0) is 30.3 Å². The Hall–Kier alpha value is -2.03. The highest BCUT2D eigenvalue weighted by Gasteiger charge is 2.36. The van der Waals surface area contributed by atoms with Gasteiger partial charge in [0.15, 0.2) is 6.54 Å². The Morgan fingerprint density at radius 1 is 1.11 bits per heavy atom. The van der Waals surface area contributed by atoms with E-state index in [2.05, 4.69) is 0 Å². The lowest BCUT2D eigenvalue weighted by atomic mass is 10.1. The third-order valence-corrected chi connectivity index (χ3v) is 6.30. The standard InChI is InChI=1S/C20H19F3N2O2S/c21-20(22,23)13-5-6-18-16(11-13)25(15-3-1-2-4-17(15)28-18)19(27)12-24-9-7-14(26)8-10-24/h1-6,11,14,26H,7-10,12H2/p+1. The van der Waals surface area contributed by atoms with Gasteiger partial charge in [-0.1, -0.05) is 23.9 Å². The van der Waals surface area contributed by atoms with Crippen LogP contribution >= 0.6 is 11.8 Å². The molecule has 2 aliphatic rings. The molecule has 1 saturated heterocycles. The summed E-state index contributed by atoms with van der Waals surface area (Å²) in [4.78, 5) is 17.1. The fourth-order valence-corrected chi connectivity index (χ4v) is 4.72. The van der Waals surface area contributed by atoms with Crippen molar-refractivity contribution in [3.05, 3.63) is 48.0 Å². The zero-order chi connectivity index (χ0) is 19.9. The second-order valence-corrected chi connectivity index (χ2v) is 8.22. The Kier molecular flexibility index (Phi) is 5.11. The van der Waals surface area contributed by atoms with E-state index in [0.29, 0.717) is 36.5 Å². The van der Waals surface area contributed by atoms with Crippen LogP contribution in [0.25, 0.3) is 0 Å². The van der Waals surface area contributed by atoms with Crippen molar-refractivity contribution in [1.82, 2.24) is 0 Å². The van der Waals surface area contributed by atoms with E-state index in [1.165, 1.54) is 22.7 Å². The number of fused-ring (bicyclic) bond motifs is 2. The van der Waals surface area contributed by atoms with Crippen LogP contribution in [0.4, 0.5) is 24.5 Å². The van der Waals surface area contributed by atoms with Crippen LogP contribution in [0.5, 0.6) is 0 Å². The number of carbonyl (C=O) groups excluding carboxylic acids is 1. The topological polar surface area (TPSA) is 45.0 Å². The number of para-hydroxylation sites is 1. The Morgan fingerprint density at radius 3 is 2.50 bits per heavy atom. The number of carbonyl (C=O) groups is 1. The monoisotopic (exact) mass is 409 g/mol. The predicted octanol–water partition coefficient (Wildman–Crippen LogP) is 2.87. The van der Waals surface area contributed by atoms with E-state index in [1.54, 1.807) is 12.1 Å². The summed E-state index contributed by atoms with van der Waals surface area (Å²) in [5, 5.41) is 9.66. The molecule has 0 radical (unpaired) electrons. The molecule has 0 aromatic heterocycles. The van der Waals surface area contributed by atoms with Crippen LogP contribution in [0.3, 0.4) is 0 Å². The van der Waals surface area contributed by atoms with Crippen LogP contribution in [0, 0.1) is 0 Å². The number of nitrogens with one attached hydrogen (secondary N) is 1. The summed E-state index contributed by atoms with van der Waals surface area (Å²) in [6, 6.07) is 10.8. The first-order chi connectivity index (χ1) is 13.3. The van der Waals surface area contributed by atoms with Gasteiger partial charge in [0.2, 0.25) is 0 Å². The molecule has 0 unspecified atom stereocenters. The van der Waals surface area contributed by atoms with Crippen LogP contribution in [0.15, 0.2) is 52.3 Å². The van der Waals surface area contributed by atoms with Crippen LogP contribution in [-0.2, 0) is 11.0 Å². The first kappa shape index (κ1) is 19.3. The number of hydrogen-bond acceptors (Lipinski definition) is 3. The first-order valence-electron chi connectivity index (χ1n) is 9.15. The number of alkyl halides is 3. The number of quaternary nitrogens is 1. The van der Waals surface area contributed by atoms with Crippen molar-refractivity contribution in [2.45, 2.75) is 34.9 Å². The molecule has 2 aromatic carbocycles. The number of hydrogen-bond donors (Lipinski definition) is 2. The summed E-state index contributed by atoms with van der Waals surface area (Å²) in [6.07, 6.45) is -3.55. The van der Waals surface area contributed by atoms with E-state index in [9.17, 15) is 23.1 Å². The fraction of sp³-hybridized carbons (Fsp3) is 0.350. The number of anilines is 2. The molecule has 28 heavy (non-hydrogen) atoms. The van der Waals surface area contributed by atoms with Crippen molar-refractivity contribution in [3.8, 4) is 0 Å². The Labute approximate surface area is 164 Å². The van der Waals surface area contributed by atoms with Crippen LogP contribution in [-0.4, -0.2) is 36.8 Å². The minimum absolute atomic E-state index is 0.182. The van der Waals surface area contributed by atoms with Gasteiger partial charge in [-0.25, -0.2) is 0 Å². The average Bonchev–Trinajstić information content (AvgIpc) is 2.66. The molecule has 2 aliphatic heterocycles. The predicted molar refractivity (Wildman–Crippen MR) is 100.0 cm³/mol. The van der Waals surface area contributed by atoms with Crippen molar-refractivity contribution in [3.63, 3.8) is 0 Å². The quantitative estimate of drug-likeness (QED) is 0.802. The van der Waals surface area contributed by atoms with Gasteiger partial charge in [0.1, 0.15) is 0 Å². The van der Waals surface area contributed by atoms with Crippen molar-refractivity contribution < 1.29 is 28.0 Å². The highest BCUT2D eigenvalue weighted by atomic mass is 32.2. The molecule has 1 amide bonds. The van der Waals surface area contributed by atoms with E-state index in [-0.39, 0.29) is 24.2 Å². The molecule has 0 aliphatic carbocycles. The molecule has 2 aromatic rings. The average molecular weight is 409 g/mol. The minimum Gasteiger partial charge on any atom is -0.393 e. The lowest BCUT2D eigenvalue weighted by Crippen LogP contribution is -3.14. The molecule has 2 heterocycles. The van der Waals surface area contributed by atoms with E-state index in [1.807, 2.05) is 12.1 Å². The van der Waals surface area contributed by atoms with Gasteiger partial charge in [-0.3, -0.25) is 9.69 Å². The number of nitrogens with zero attached hydrogens (tertiary/aromatic N) is 1. The van der Waals surface area contributed by atoms with Crippen molar-refractivity contribution in [1.29, 1.82) is 0 Å². The zero-order valence-electron chi connectivity index (χ0n) is 15.0. The number of halogens is 3. The summed E-state index contributed by atoms with van der Waals surface area (Å²) < 4.78 is 39.8. The number of aliphatic hydroxyl groups is 1. The summed E-state index contributed by atoms with van der Waals surface area (Å²) in [5.41, 5.74) is 0.123. The van der Waals surface area contributed by atoms with Gasteiger partial charge in [0, 0.05) is 22.6 Å². The molecule has 4 rings (SSSR count). The molecular weight excluding hydrogens is 389 g/mol. The maximum absolute atomic E-state index is 13.3. The summed E-state index contributed by atoms with van der Waals surface area (Å²) >= 11 is 1.37. The molecule has 8 heteroatoms. The Morgan fingerprint density at radius 2 is 1.79 bits per heavy atom. The maximum Gasteiger partial charge on any atom is 0.416 e. The van der Waals surface area contributed by atoms with Crippen molar-refractivity contribution in [2.24, 2.45) is 0 Å². The maximum atomic E-state index is 13.3. The van der Waals surface area contributed by atoms with E-state index in [4.69, 9.17) is 0 Å². The molecular formula is C20H20F3N2O2S+. The molecule has 148 valence electrons. The van der Waals surface area contributed by atoms with Crippen LogP contribution < -0.4 is 9.80 Å². The number of benzene rings is 2.